The molecule has 1 aromatic rings. The first-order valence-electron chi connectivity index (χ1n) is 4.97. The zero-order valence-electron chi connectivity index (χ0n) is 9.48. The van der Waals surface area contributed by atoms with E-state index >= 15 is 0 Å². The third kappa shape index (κ3) is 1.65. The van der Waals surface area contributed by atoms with Crippen molar-refractivity contribution in [1.29, 1.82) is 0 Å². The van der Waals surface area contributed by atoms with Crippen LogP contribution in [0.2, 0.25) is 0 Å². The van der Waals surface area contributed by atoms with Gasteiger partial charge in [-0.15, -0.1) is 0 Å². The second-order valence-electron chi connectivity index (χ2n) is 4.63. The summed E-state index contributed by atoms with van der Waals surface area (Å²) >= 11 is 0. The van der Waals surface area contributed by atoms with Crippen molar-refractivity contribution < 1.29 is 17.9 Å². The zero-order valence-corrected chi connectivity index (χ0v) is 10.3. The maximum Gasteiger partial charge on any atom is 0.231 e. The smallest absolute Gasteiger partial charge is 0.231 e. The van der Waals surface area contributed by atoms with Crippen LogP contribution in [0.4, 0.5) is 0 Å². The fourth-order valence-electron chi connectivity index (χ4n) is 1.40. The Balaban J connectivity index is 2.51. The van der Waals surface area contributed by atoms with Crippen molar-refractivity contribution in [3.63, 3.8) is 0 Å². The maximum atomic E-state index is 12.2. The molecule has 0 amide bonds. The van der Waals surface area contributed by atoms with Crippen LogP contribution in [0.5, 0.6) is 11.5 Å². The molecule has 0 atom stereocenters. The van der Waals surface area contributed by atoms with Gasteiger partial charge in [0, 0.05) is 6.07 Å². The van der Waals surface area contributed by atoms with Crippen LogP contribution in [-0.2, 0) is 9.84 Å². The number of fused-ring (bicyclic) bond motifs is 1. The number of hydrogen-bond donors (Lipinski definition) is 0. The van der Waals surface area contributed by atoms with Crippen molar-refractivity contribution in [2.24, 2.45) is 0 Å². The Bertz CT molecular complexity index is 511. The van der Waals surface area contributed by atoms with Crippen LogP contribution in [0.25, 0.3) is 0 Å². The van der Waals surface area contributed by atoms with Crippen molar-refractivity contribution in [3.05, 3.63) is 18.2 Å². The summed E-state index contributed by atoms with van der Waals surface area (Å²) in [6, 6.07) is 4.69. The molecule has 4 nitrogen and oxygen atoms in total. The van der Waals surface area contributed by atoms with Crippen LogP contribution in [0.3, 0.4) is 0 Å². The van der Waals surface area contributed by atoms with Gasteiger partial charge in [0.25, 0.3) is 0 Å². The van der Waals surface area contributed by atoms with Gasteiger partial charge in [-0.3, -0.25) is 0 Å². The summed E-state index contributed by atoms with van der Waals surface area (Å²) in [4.78, 5) is 0.268. The number of hydrogen-bond acceptors (Lipinski definition) is 4. The lowest BCUT2D eigenvalue weighted by molar-refractivity contribution is 0.174. The van der Waals surface area contributed by atoms with Crippen LogP contribution in [0.15, 0.2) is 23.1 Å². The SMILES string of the molecule is CC(C)(C)S(=O)(=O)c1ccc2c(c1)OCO2. The van der Waals surface area contributed by atoms with Crippen molar-refractivity contribution in [2.75, 3.05) is 6.79 Å². The first kappa shape index (κ1) is 11.3. The van der Waals surface area contributed by atoms with E-state index in [1.54, 1.807) is 32.9 Å². The topological polar surface area (TPSA) is 52.6 Å². The van der Waals surface area contributed by atoms with Crippen molar-refractivity contribution in [3.8, 4) is 11.5 Å². The highest BCUT2D eigenvalue weighted by atomic mass is 32.2. The molecule has 2 rings (SSSR count). The highest BCUT2D eigenvalue weighted by molar-refractivity contribution is 7.92. The molecule has 0 fully saturated rings. The molecule has 0 spiro atoms. The fourth-order valence-corrected chi connectivity index (χ4v) is 2.61. The average Bonchev–Trinajstić information content (AvgIpc) is 2.61. The molecule has 0 aliphatic carbocycles. The lowest BCUT2D eigenvalue weighted by Crippen LogP contribution is -2.27. The van der Waals surface area contributed by atoms with E-state index in [0.717, 1.165) is 0 Å². The molecule has 1 heterocycles. The Morgan fingerprint density at radius 1 is 1.12 bits per heavy atom. The van der Waals surface area contributed by atoms with Gasteiger partial charge in [0.1, 0.15) is 0 Å². The van der Waals surface area contributed by atoms with Gasteiger partial charge in [0.05, 0.1) is 9.64 Å². The Hall–Kier alpha value is -1.23. The molecular weight excluding hydrogens is 228 g/mol. The van der Waals surface area contributed by atoms with E-state index in [1.807, 2.05) is 0 Å². The third-order valence-corrected chi connectivity index (χ3v) is 4.95. The lowest BCUT2D eigenvalue weighted by atomic mass is 10.3. The quantitative estimate of drug-likeness (QED) is 0.755. The molecule has 0 saturated carbocycles. The minimum Gasteiger partial charge on any atom is -0.454 e. The molecule has 0 bridgehead atoms. The highest BCUT2D eigenvalue weighted by Crippen LogP contribution is 2.36. The second-order valence-corrected chi connectivity index (χ2v) is 7.33. The minimum absolute atomic E-state index is 0.147. The number of ether oxygens (including phenoxy) is 2. The van der Waals surface area contributed by atoms with Gasteiger partial charge in [-0.2, -0.15) is 0 Å². The standard InChI is InChI=1S/C11H14O4S/c1-11(2,3)16(12,13)8-4-5-9-10(6-8)15-7-14-9/h4-6H,7H2,1-3H3. The summed E-state index contributed by atoms with van der Waals surface area (Å²) in [5.41, 5.74) is 0. The Kier molecular flexibility index (Phi) is 2.38. The number of sulfone groups is 1. The summed E-state index contributed by atoms with van der Waals surface area (Å²) < 4.78 is 33.8. The molecule has 5 heteroatoms. The lowest BCUT2D eigenvalue weighted by Gasteiger charge is -2.19. The van der Waals surface area contributed by atoms with Crippen molar-refractivity contribution >= 4 is 9.84 Å². The van der Waals surface area contributed by atoms with E-state index in [4.69, 9.17) is 9.47 Å². The summed E-state index contributed by atoms with van der Waals surface area (Å²) in [7, 11) is -3.33. The van der Waals surface area contributed by atoms with Crippen LogP contribution in [0, 0.1) is 0 Å². The van der Waals surface area contributed by atoms with Gasteiger partial charge < -0.3 is 9.47 Å². The van der Waals surface area contributed by atoms with E-state index in [0.29, 0.717) is 11.5 Å². The molecular formula is C11H14O4S. The van der Waals surface area contributed by atoms with Crippen LogP contribution in [0.1, 0.15) is 20.8 Å². The first-order chi connectivity index (χ1) is 7.32. The van der Waals surface area contributed by atoms with E-state index in [9.17, 15) is 8.42 Å². The molecule has 88 valence electrons. The van der Waals surface area contributed by atoms with Gasteiger partial charge in [-0.25, -0.2) is 8.42 Å². The van der Waals surface area contributed by atoms with E-state index in [-0.39, 0.29) is 11.7 Å². The van der Waals surface area contributed by atoms with Crippen molar-refractivity contribution in [2.45, 2.75) is 30.4 Å². The maximum absolute atomic E-state index is 12.2. The molecule has 1 aliphatic heterocycles. The van der Waals surface area contributed by atoms with Gasteiger partial charge in [0.15, 0.2) is 21.3 Å². The van der Waals surface area contributed by atoms with Crippen LogP contribution < -0.4 is 9.47 Å². The molecule has 0 unspecified atom stereocenters. The predicted molar refractivity (Wildman–Crippen MR) is 59.5 cm³/mol. The Morgan fingerprint density at radius 3 is 2.38 bits per heavy atom. The number of rotatable bonds is 1. The Morgan fingerprint density at radius 2 is 1.75 bits per heavy atom. The van der Waals surface area contributed by atoms with Crippen LogP contribution in [-0.4, -0.2) is 20.0 Å². The van der Waals surface area contributed by atoms with E-state index < -0.39 is 14.6 Å². The monoisotopic (exact) mass is 242 g/mol. The minimum atomic E-state index is -3.33. The third-order valence-electron chi connectivity index (χ3n) is 2.46. The summed E-state index contributed by atoms with van der Waals surface area (Å²) in [6.07, 6.45) is 0. The Labute approximate surface area is 95.1 Å². The molecule has 0 aromatic heterocycles. The summed E-state index contributed by atoms with van der Waals surface area (Å²) in [5, 5.41) is 0. The predicted octanol–water partition coefficient (Wildman–Crippen LogP) is 1.99. The van der Waals surface area contributed by atoms with Crippen molar-refractivity contribution in [1.82, 2.24) is 0 Å². The zero-order chi connectivity index (χ0) is 12.0. The average molecular weight is 242 g/mol. The fraction of sp³-hybridized carbons (Fsp3) is 0.455. The van der Waals surface area contributed by atoms with E-state index in [1.165, 1.54) is 6.07 Å². The molecule has 1 aromatic carbocycles. The molecule has 0 radical (unpaired) electrons. The molecule has 1 aliphatic rings. The molecule has 0 N–H and O–H groups in total. The van der Waals surface area contributed by atoms with Gasteiger partial charge in [-0.1, -0.05) is 0 Å². The molecule has 0 saturated heterocycles. The van der Waals surface area contributed by atoms with E-state index in [2.05, 4.69) is 0 Å². The number of benzene rings is 1. The molecule has 16 heavy (non-hydrogen) atoms. The normalized spacial score (nSPS) is 15.2. The summed E-state index contributed by atoms with van der Waals surface area (Å²) in [5.74, 6) is 1.08. The van der Waals surface area contributed by atoms with Gasteiger partial charge in [-0.05, 0) is 32.9 Å². The second kappa shape index (κ2) is 3.38. The summed E-state index contributed by atoms with van der Waals surface area (Å²) in [6.45, 7) is 5.17. The first-order valence-corrected chi connectivity index (χ1v) is 6.45. The van der Waals surface area contributed by atoms with Crippen LogP contribution >= 0.6 is 0 Å². The largest absolute Gasteiger partial charge is 0.454 e. The van der Waals surface area contributed by atoms with Gasteiger partial charge in [0.2, 0.25) is 6.79 Å². The van der Waals surface area contributed by atoms with Gasteiger partial charge >= 0.3 is 0 Å². The highest BCUT2D eigenvalue weighted by Gasteiger charge is 2.32.